The van der Waals surface area contributed by atoms with Gasteiger partial charge in [0, 0.05) is 12.2 Å². The SMILES string of the molecule is CCCCN1C(=O)CN(c2ccccc2)CC1=O. The number of hydrogen-bond donors (Lipinski definition) is 0. The van der Waals surface area contributed by atoms with E-state index in [0.29, 0.717) is 19.6 Å². The standard InChI is InChI=1S/C14H18N2O2/c1-2-3-9-16-13(17)10-15(11-14(16)18)12-7-5-4-6-8-12/h4-8H,2-3,9-11H2,1H3. The van der Waals surface area contributed by atoms with Crippen LogP contribution in [0.2, 0.25) is 0 Å². The van der Waals surface area contributed by atoms with Crippen molar-refractivity contribution in [2.45, 2.75) is 19.8 Å². The van der Waals surface area contributed by atoms with Gasteiger partial charge in [0.05, 0.1) is 13.1 Å². The topological polar surface area (TPSA) is 40.6 Å². The van der Waals surface area contributed by atoms with E-state index in [4.69, 9.17) is 0 Å². The summed E-state index contributed by atoms with van der Waals surface area (Å²) < 4.78 is 0. The van der Waals surface area contributed by atoms with Gasteiger partial charge in [0.1, 0.15) is 0 Å². The van der Waals surface area contributed by atoms with Crippen molar-refractivity contribution >= 4 is 17.5 Å². The number of piperazine rings is 1. The summed E-state index contributed by atoms with van der Waals surface area (Å²) in [5.41, 5.74) is 0.925. The lowest BCUT2D eigenvalue weighted by molar-refractivity contribution is -0.145. The molecule has 0 unspecified atom stereocenters. The van der Waals surface area contributed by atoms with Gasteiger partial charge < -0.3 is 4.90 Å². The summed E-state index contributed by atoms with van der Waals surface area (Å²) in [6.07, 6.45) is 1.86. The Kier molecular flexibility index (Phi) is 3.97. The van der Waals surface area contributed by atoms with Gasteiger partial charge in [0.15, 0.2) is 0 Å². The third-order valence-electron chi connectivity index (χ3n) is 3.11. The second-order valence-electron chi connectivity index (χ2n) is 4.48. The Bertz CT molecular complexity index is 413. The van der Waals surface area contributed by atoms with Gasteiger partial charge in [-0.15, -0.1) is 0 Å². The maximum atomic E-state index is 12.0. The Balaban J connectivity index is 2.05. The lowest BCUT2D eigenvalue weighted by Gasteiger charge is -2.33. The van der Waals surface area contributed by atoms with Gasteiger partial charge in [0.25, 0.3) is 0 Å². The summed E-state index contributed by atoms with van der Waals surface area (Å²) in [5, 5.41) is 0. The summed E-state index contributed by atoms with van der Waals surface area (Å²) in [7, 11) is 0. The fourth-order valence-corrected chi connectivity index (χ4v) is 2.08. The van der Waals surface area contributed by atoms with E-state index in [1.165, 1.54) is 4.90 Å². The number of anilines is 1. The molecule has 1 fully saturated rings. The molecule has 1 saturated heterocycles. The van der Waals surface area contributed by atoms with Gasteiger partial charge in [-0.3, -0.25) is 14.5 Å². The van der Waals surface area contributed by atoms with E-state index in [1.807, 2.05) is 35.2 Å². The van der Waals surface area contributed by atoms with Crippen LogP contribution in [-0.2, 0) is 9.59 Å². The van der Waals surface area contributed by atoms with Crippen LogP contribution in [0.15, 0.2) is 30.3 Å². The molecule has 4 nitrogen and oxygen atoms in total. The number of unbranched alkanes of at least 4 members (excludes halogenated alkanes) is 1. The molecule has 96 valence electrons. The van der Waals surface area contributed by atoms with Crippen LogP contribution in [0.25, 0.3) is 0 Å². The molecule has 0 saturated carbocycles. The fraction of sp³-hybridized carbons (Fsp3) is 0.429. The van der Waals surface area contributed by atoms with E-state index in [2.05, 4.69) is 6.92 Å². The molecule has 2 amide bonds. The molecule has 1 aromatic rings. The van der Waals surface area contributed by atoms with Crippen LogP contribution in [0.3, 0.4) is 0 Å². The lowest BCUT2D eigenvalue weighted by Crippen LogP contribution is -2.54. The van der Waals surface area contributed by atoms with Crippen LogP contribution in [0, 0.1) is 0 Å². The average Bonchev–Trinajstić information content (AvgIpc) is 2.39. The number of benzene rings is 1. The minimum absolute atomic E-state index is 0.0939. The zero-order chi connectivity index (χ0) is 13.0. The van der Waals surface area contributed by atoms with Crippen LogP contribution >= 0.6 is 0 Å². The number of imide groups is 1. The van der Waals surface area contributed by atoms with E-state index in [9.17, 15) is 9.59 Å². The summed E-state index contributed by atoms with van der Waals surface area (Å²) in [6.45, 7) is 3.19. The van der Waals surface area contributed by atoms with Crippen LogP contribution in [-0.4, -0.2) is 36.3 Å². The van der Waals surface area contributed by atoms with Crippen molar-refractivity contribution in [2.75, 3.05) is 24.5 Å². The monoisotopic (exact) mass is 246 g/mol. The highest BCUT2D eigenvalue weighted by atomic mass is 16.2. The van der Waals surface area contributed by atoms with Crippen LogP contribution in [0.4, 0.5) is 5.69 Å². The maximum Gasteiger partial charge on any atom is 0.248 e. The molecule has 0 N–H and O–H groups in total. The number of nitrogens with zero attached hydrogens (tertiary/aromatic N) is 2. The number of para-hydroxylation sites is 1. The minimum Gasteiger partial charge on any atom is -0.353 e. The Morgan fingerprint density at radius 3 is 2.22 bits per heavy atom. The van der Waals surface area contributed by atoms with Crippen molar-refractivity contribution in [2.24, 2.45) is 0 Å². The third-order valence-corrected chi connectivity index (χ3v) is 3.11. The maximum absolute atomic E-state index is 12.0. The van der Waals surface area contributed by atoms with E-state index in [-0.39, 0.29) is 11.8 Å². The molecular formula is C14H18N2O2. The number of amides is 2. The first kappa shape index (κ1) is 12.6. The van der Waals surface area contributed by atoms with Crippen molar-refractivity contribution < 1.29 is 9.59 Å². The fourth-order valence-electron chi connectivity index (χ4n) is 2.08. The molecule has 18 heavy (non-hydrogen) atoms. The van der Waals surface area contributed by atoms with Gasteiger partial charge in [0.2, 0.25) is 11.8 Å². The third kappa shape index (κ3) is 2.70. The molecule has 4 heteroatoms. The van der Waals surface area contributed by atoms with Crippen LogP contribution in [0.1, 0.15) is 19.8 Å². The van der Waals surface area contributed by atoms with Crippen molar-refractivity contribution in [1.82, 2.24) is 4.90 Å². The molecule has 0 atom stereocenters. The first-order valence-electron chi connectivity index (χ1n) is 6.35. The lowest BCUT2D eigenvalue weighted by atomic mass is 10.2. The molecule has 0 aromatic heterocycles. The van der Waals surface area contributed by atoms with E-state index in [0.717, 1.165) is 18.5 Å². The zero-order valence-electron chi connectivity index (χ0n) is 10.6. The van der Waals surface area contributed by atoms with Gasteiger partial charge in [-0.2, -0.15) is 0 Å². The first-order valence-corrected chi connectivity index (χ1v) is 6.35. The Labute approximate surface area is 107 Å². The van der Waals surface area contributed by atoms with Gasteiger partial charge in [-0.1, -0.05) is 31.5 Å². The van der Waals surface area contributed by atoms with E-state index in [1.54, 1.807) is 0 Å². The largest absolute Gasteiger partial charge is 0.353 e. The van der Waals surface area contributed by atoms with Crippen LogP contribution < -0.4 is 4.90 Å². The molecule has 1 aliphatic rings. The number of carbonyl (C=O) groups is 2. The van der Waals surface area contributed by atoms with Gasteiger partial charge in [-0.05, 0) is 18.6 Å². The predicted octanol–water partition coefficient (Wildman–Crippen LogP) is 1.66. The molecule has 0 aliphatic carbocycles. The van der Waals surface area contributed by atoms with Crippen molar-refractivity contribution in [3.63, 3.8) is 0 Å². The highest BCUT2D eigenvalue weighted by molar-refractivity contribution is 6.02. The Morgan fingerprint density at radius 1 is 1.06 bits per heavy atom. The highest BCUT2D eigenvalue weighted by Gasteiger charge is 2.30. The highest BCUT2D eigenvalue weighted by Crippen LogP contribution is 2.17. The van der Waals surface area contributed by atoms with Crippen molar-refractivity contribution in [3.8, 4) is 0 Å². The molecule has 1 aromatic carbocycles. The molecule has 0 spiro atoms. The minimum atomic E-state index is -0.0939. The van der Waals surface area contributed by atoms with Crippen molar-refractivity contribution in [1.29, 1.82) is 0 Å². The number of carbonyl (C=O) groups excluding carboxylic acids is 2. The Morgan fingerprint density at radius 2 is 1.67 bits per heavy atom. The van der Waals surface area contributed by atoms with Crippen LogP contribution in [0.5, 0.6) is 0 Å². The molecule has 2 rings (SSSR count). The second-order valence-corrected chi connectivity index (χ2v) is 4.48. The molecule has 1 aliphatic heterocycles. The summed E-state index contributed by atoms with van der Waals surface area (Å²) in [5.74, 6) is -0.188. The molecule has 1 heterocycles. The normalized spacial score (nSPS) is 16.3. The second kappa shape index (κ2) is 5.67. The zero-order valence-corrected chi connectivity index (χ0v) is 10.6. The van der Waals surface area contributed by atoms with Gasteiger partial charge in [-0.25, -0.2) is 0 Å². The molecular weight excluding hydrogens is 228 g/mol. The molecule has 0 bridgehead atoms. The smallest absolute Gasteiger partial charge is 0.248 e. The van der Waals surface area contributed by atoms with E-state index < -0.39 is 0 Å². The quantitative estimate of drug-likeness (QED) is 0.759. The average molecular weight is 246 g/mol. The summed E-state index contributed by atoms with van der Waals surface area (Å²) in [4.78, 5) is 27.1. The van der Waals surface area contributed by atoms with E-state index >= 15 is 0 Å². The van der Waals surface area contributed by atoms with Gasteiger partial charge >= 0.3 is 0 Å². The molecule has 0 radical (unpaired) electrons. The first-order chi connectivity index (χ1) is 8.72. The predicted molar refractivity (Wildman–Crippen MR) is 70.3 cm³/mol. The Hall–Kier alpha value is -1.84. The number of rotatable bonds is 4. The van der Waals surface area contributed by atoms with Crippen molar-refractivity contribution in [3.05, 3.63) is 30.3 Å². The summed E-state index contributed by atoms with van der Waals surface area (Å²) in [6, 6.07) is 9.58. The summed E-state index contributed by atoms with van der Waals surface area (Å²) >= 11 is 0. The number of hydrogen-bond acceptors (Lipinski definition) is 3.